The standard InChI is InChI=1S/C12H17FN2O2/c1-12(2,7-14)15(3)11(17)9-5-4-8(16)6-10(9)13/h4-6,16H,7,14H2,1-3H3. The van der Waals surface area contributed by atoms with Crippen LogP contribution >= 0.6 is 0 Å². The minimum Gasteiger partial charge on any atom is -0.508 e. The number of phenolic OH excluding ortho intramolecular Hbond substituents is 1. The molecule has 0 bridgehead atoms. The number of phenols is 1. The molecule has 0 atom stereocenters. The van der Waals surface area contributed by atoms with Gasteiger partial charge in [0, 0.05) is 25.2 Å². The zero-order valence-corrected chi connectivity index (χ0v) is 10.2. The Morgan fingerprint density at radius 3 is 2.59 bits per heavy atom. The highest BCUT2D eigenvalue weighted by atomic mass is 19.1. The van der Waals surface area contributed by atoms with Crippen molar-refractivity contribution in [3.05, 3.63) is 29.6 Å². The molecule has 0 spiro atoms. The second-order valence-corrected chi connectivity index (χ2v) is 4.54. The fourth-order valence-corrected chi connectivity index (χ4v) is 1.27. The van der Waals surface area contributed by atoms with E-state index in [1.54, 1.807) is 20.9 Å². The van der Waals surface area contributed by atoms with E-state index in [0.717, 1.165) is 6.07 Å². The van der Waals surface area contributed by atoms with Crippen molar-refractivity contribution in [2.45, 2.75) is 19.4 Å². The number of likely N-dealkylation sites (N-methyl/N-ethyl adjacent to an activating group) is 1. The number of hydrogen-bond acceptors (Lipinski definition) is 3. The Kier molecular flexibility index (Phi) is 3.72. The summed E-state index contributed by atoms with van der Waals surface area (Å²) in [4.78, 5) is 13.4. The molecule has 0 radical (unpaired) electrons. The summed E-state index contributed by atoms with van der Waals surface area (Å²) in [5.74, 6) is -1.41. The fourth-order valence-electron chi connectivity index (χ4n) is 1.27. The lowest BCUT2D eigenvalue weighted by molar-refractivity contribution is 0.0635. The zero-order chi connectivity index (χ0) is 13.2. The first-order valence-corrected chi connectivity index (χ1v) is 5.26. The number of hydrogen-bond donors (Lipinski definition) is 2. The van der Waals surface area contributed by atoms with Gasteiger partial charge in [-0.2, -0.15) is 0 Å². The maximum absolute atomic E-state index is 13.5. The van der Waals surface area contributed by atoms with Crippen LogP contribution in [0.1, 0.15) is 24.2 Å². The summed E-state index contributed by atoms with van der Waals surface area (Å²) in [5.41, 5.74) is 4.93. The Labute approximate surface area is 99.8 Å². The lowest BCUT2D eigenvalue weighted by atomic mass is 10.0. The summed E-state index contributed by atoms with van der Waals surface area (Å²) >= 11 is 0. The first-order valence-electron chi connectivity index (χ1n) is 5.26. The summed E-state index contributed by atoms with van der Waals surface area (Å²) in [6.07, 6.45) is 0. The van der Waals surface area contributed by atoms with Gasteiger partial charge in [0.25, 0.3) is 5.91 Å². The third-order valence-corrected chi connectivity index (χ3v) is 2.90. The molecule has 4 nitrogen and oxygen atoms in total. The molecule has 0 aliphatic carbocycles. The van der Waals surface area contributed by atoms with Crippen LogP contribution in [0.2, 0.25) is 0 Å². The topological polar surface area (TPSA) is 66.6 Å². The summed E-state index contributed by atoms with van der Waals surface area (Å²) in [5, 5.41) is 9.08. The van der Waals surface area contributed by atoms with Gasteiger partial charge in [-0.25, -0.2) is 4.39 Å². The highest BCUT2D eigenvalue weighted by molar-refractivity contribution is 5.95. The van der Waals surface area contributed by atoms with Crippen molar-refractivity contribution in [1.82, 2.24) is 4.90 Å². The van der Waals surface area contributed by atoms with E-state index >= 15 is 0 Å². The Morgan fingerprint density at radius 1 is 1.53 bits per heavy atom. The van der Waals surface area contributed by atoms with Crippen LogP contribution < -0.4 is 5.73 Å². The molecule has 0 aliphatic heterocycles. The van der Waals surface area contributed by atoms with E-state index in [2.05, 4.69) is 0 Å². The number of amides is 1. The molecule has 0 unspecified atom stereocenters. The van der Waals surface area contributed by atoms with Crippen molar-refractivity contribution < 1.29 is 14.3 Å². The Balaban J connectivity index is 3.05. The molecule has 1 rings (SSSR count). The van der Waals surface area contributed by atoms with Crippen LogP contribution in [-0.4, -0.2) is 35.0 Å². The van der Waals surface area contributed by atoms with Gasteiger partial charge in [0.05, 0.1) is 5.56 Å². The second kappa shape index (κ2) is 4.71. The van der Waals surface area contributed by atoms with Gasteiger partial charge in [-0.1, -0.05) is 0 Å². The van der Waals surface area contributed by atoms with E-state index in [1.807, 2.05) is 0 Å². The average molecular weight is 240 g/mol. The van der Waals surface area contributed by atoms with E-state index < -0.39 is 17.3 Å². The molecule has 1 amide bonds. The SMILES string of the molecule is CN(C(=O)c1ccc(O)cc1F)C(C)(C)CN. The molecular weight excluding hydrogens is 223 g/mol. The Morgan fingerprint density at radius 2 is 2.12 bits per heavy atom. The van der Waals surface area contributed by atoms with Crippen molar-refractivity contribution in [2.75, 3.05) is 13.6 Å². The van der Waals surface area contributed by atoms with Gasteiger partial charge in [0.2, 0.25) is 0 Å². The molecule has 1 aromatic carbocycles. The van der Waals surface area contributed by atoms with E-state index in [9.17, 15) is 9.18 Å². The number of aromatic hydroxyl groups is 1. The predicted molar refractivity (Wildman–Crippen MR) is 63.3 cm³/mol. The van der Waals surface area contributed by atoms with Crippen LogP contribution in [0.25, 0.3) is 0 Å². The van der Waals surface area contributed by atoms with E-state index in [4.69, 9.17) is 10.8 Å². The van der Waals surface area contributed by atoms with E-state index in [1.165, 1.54) is 17.0 Å². The monoisotopic (exact) mass is 240 g/mol. The molecule has 1 aromatic rings. The molecule has 17 heavy (non-hydrogen) atoms. The van der Waals surface area contributed by atoms with E-state index in [-0.39, 0.29) is 17.9 Å². The normalized spacial score (nSPS) is 11.4. The number of carbonyl (C=O) groups excluding carboxylic acids is 1. The molecule has 0 saturated heterocycles. The maximum atomic E-state index is 13.5. The smallest absolute Gasteiger partial charge is 0.257 e. The minimum absolute atomic E-state index is 0.0770. The minimum atomic E-state index is -0.741. The number of carbonyl (C=O) groups is 1. The Bertz CT molecular complexity index is 433. The van der Waals surface area contributed by atoms with E-state index in [0.29, 0.717) is 0 Å². The number of rotatable bonds is 3. The van der Waals surface area contributed by atoms with Gasteiger partial charge in [0.15, 0.2) is 0 Å². The van der Waals surface area contributed by atoms with Crippen LogP contribution in [0.15, 0.2) is 18.2 Å². The van der Waals surface area contributed by atoms with Crippen molar-refractivity contribution in [3.8, 4) is 5.75 Å². The third-order valence-electron chi connectivity index (χ3n) is 2.90. The van der Waals surface area contributed by atoms with Crippen molar-refractivity contribution >= 4 is 5.91 Å². The average Bonchev–Trinajstić information content (AvgIpc) is 2.27. The largest absolute Gasteiger partial charge is 0.508 e. The number of nitrogens with zero attached hydrogens (tertiary/aromatic N) is 1. The Hall–Kier alpha value is -1.62. The molecule has 5 heteroatoms. The molecule has 0 aromatic heterocycles. The summed E-state index contributed by atoms with van der Waals surface area (Å²) in [7, 11) is 1.57. The number of halogens is 1. The van der Waals surface area contributed by atoms with Gasteiger partial charge in [-0.15, -0.1) is 0 Å². The quantitative estimate of drug-likeness (QED) is 0.837. The molecule has 0 heterocycles. The molecule has 94 valence electrons. The summed E-state index contributed by atoms with van der Waals surface area (Å²) < 4.78 is 13.5. The highest BCUT2D eigenvalue weighted by Gasteiger charge is 2.28. The third kappa shape index (κ3) is 2.74. The van der Waals surface area contributed by atoms with Crippen molar-refractivity contribution in [1.29, 1.82) is 0 Å². The first-order chi connectivity index (χ1) is 7.79. The maximum Gasteiger partial charge on any atom is 0.257 e. The summed E-state index contributed by atoms with van der Waals surface area (Å²) in [6.45, 7) is 3.86. The van der Waals surface area contributed by atoms with Gasteiger partial charge in [0.1, 0.15) is 11.6 Å². The van der Waals surface area contributed by atoms with Crippen molar-refractivity contribution in [2.24, 2.45) is 5.73 Å². The molecule has 3 N–H and O–H groups in total. The lowest BCUT2D eigenvalue weighted by Crippen LogP contribution is -2.50. The lowest BCUT2D eigenvalue weighted by Gasteiger charge is -2.34. The van der Waals surface area contributed by atoms with Gasteiger partial charge in [-0.3, -0.25) is 4.79 Å². The van der Waals surface area contributed by atoms with Gasteiger partial charge >= 0.3 is 0 Å². The number of nitrogens with two attached hydrogens (primary N) is 1. The predicted octanol–water partition coefficient (Wildman–Crippen LogP) is 1.34. The first kappa shape index (κ1) is 13.4. The van der Waals surface area contributed by atoms with Crippen LogP contribution in [0.5, 0.6) is 5.75 Å². The highest BCUT2D eigenvalue weighted by Crippen LogP contribution is 2.19. The van der Waals surface area contributed by atoms with Crippen LogP contribution in [-0.2, 0) is 0 Å². The zero-order valence-electron chi connectivity index (χ0n) is 10.2. The summed E-state index contributed by atoms with van der Waals surface area (Å²) in [6, 6.07) is 3.45. The number of benzene rings is 1. The van der Waals surface area contributed by atoms with Gasteiger partial charge < -0.3 is 15.7 Å². The van der Waals surface area contributed by atoms with Crippen LogP contribution in [0, 0.1) is 5.82 Å². The van der Waals surface area contributed by atoms with Crippen molar-refractivity contribution in [3.63, 3.8) is 0 Å². The van der Waals surface area contributed by atoms with Gasteiger partial charge in [-0.05, 0) is 26.0 Å². The van der Waals surface area contributed by atoms with Crippen LogP contribution in [0.4, 0.5) is 4.39 Å². The molecule has 0 fully saturated rings. The molecular formula is C12H17FN2O2. The molecule has 0 aliphatic rings. The molecule has 0 saturated carbocycles. The fraction of sp³-hybridized carbons (Fsp3) is 0.417. The second-order valence-electron chi connectivity index (χ2n) is 4.54. The van der Waals surface area contributed by atoms with Crippen LogP contribution in [0.3, 0.4) is 0 Å².